The first-order chi connectivity index (χ1) is 15.8. The predicted molar refractivity (Wildman–Crippen MR) is 132 cm³/mol. The average Bonchev–Trinajstić information content (AvgIpc) is 3.17. The van der Waals surface area contributed by atoms with Crippen molar-refractivity contribution >= 4 is 34.4 Å². The van der Waals surface area contributed by atoms with Crippen LogP contribution in [0.15, 0.2) is 52.1 Å². The number of rotatable bonds is 3. The van der Waals surface area contributed by atoms with Gasteiger partial charge in [0.25, 0.3) is 5.56 Å². The Kier molecular flexibility index (Phi) is 5.16. The van der Waals surface area contributed by atoms with Gasteiger partial charge in [0.1, 0.15) is 0 Å². The van der Waals surface area contributed by atoms with E-state index in [4.69, 9.17) is 16.6 Å². The quantitative estimate of drug-likeness (QED) is 0.460. The summed E-state index contributed by atoms with van der Waals surface area (Å²) in [7, 11) is 1.66. The number of hydrogen-bond acceptors (Lipinski definition) is 4. The molecule has 0 spiro atoms. The molecule has 4 aromatic rings. The summed E-state index contributed by atoms with van der Waals surface area (Å²) < 4.78 is 4.67. The number of hydrogen-bond donors (Lipinski definition) is 0. The van der Waals surface area contributed by atoms with Gasteiger partial charge in [-0.1, -0.05) is 42.8 Å². The Hall–Kier alpha value is -3.32. The molecule has 1 atom stereocenters. The molecule has 7 nitrogen and oxygen atoms in total. The molecular formula is C25H26ClN5O2. The van der Waals surface area contributed by atoms with Crippen molar-refractivity contribution in [1.29, 1.82) is 0 Å². The third-order valence-corrected chi connectivity index (χ3v) is 6.90. The lowest BCUT2D eigenvalue weighted by Gasteiger charge is -2.33. The molecule has 1 aliphatic heterocycles. The largest absolute Gasteiger partial charge is 0.332 e. The molecule has 8 heteroatoms. The first kappa shape index (κ1) is 21.5. The van der Waals surface area contributed by atoms with E-state index in [9.17, 15) is 9.59 Å². The molecule has 0 bridgehead atoms. The number of anilines is 2. The van der Waals surface area contributed by atoms with Gasteiger partial charge in [0, 0.05) is 30.8 Å². The Morgan fingerprint density at radius 3 is 2.55 bits per heavy atom. The fourth-order valence-corrected chi connectivity index (χ4v) is 4.75. The minimum absolute atomic E-state index is 0.109. The van der Waals surface area contributed by atoms with Gasteiger partial charge in [-0.2, -0.15) is 4.98 Å². The van der Waals surface area contributed by atoms with Gasteiger partial charge in [0.2, 0.25) is 5.95 Å². The molecule has 2 aromatic heterocycles. The standard InChI is InChI=1S/C25H26ClN5O2/c1-15-12-29(19-10-9-16(2)17(3)11-19)24-27-22-21(30(24)13-15)23(32)31(25(33)28(22)4)14-18-7-5-6-8-20(18)26/h5-11,15H,12-14H2,1-4H3/t15-/m0/s1. The van der Waals surface area contributed by atoms with Gasteiger partial charge in [-0.25, -0.2) is 4.79 Å². The molecule has 5 rings (SSSR count). The molecule has 0 saturated carbocycles. The summed E-state index contributed by atoms with van der Waals surface area (Å²) in [4.78, 5) is 33.7. The number of halogens is 1. The molecule has 0 amide bonds. The van der Waals surface area contributed by atoms with E-state index in [-0.39, 0.29) is 12.1 Å². The smallest absolute Gasteiger partial charge is 0.312 e. The van der Waals surface area contributed by atoms with E-state index in [1.54, 1.807) is 13.1 Å². The van der Waals surface area contributed by atoms with Crippen LogP contribution >= 0.6 is 11.6 Å². The summed E-state index contributed by atoms with van der Waals surface area (Å²) in [6, 6.07) is 13.6. The zero-order chi connectivity index (χ0) is 23.4. The summed E-state index contributed by atoms with van der Waals surface area (Å²) in [6.45, 7) is 7.89. The topological polar surface area (TPSA) is 65.1 Å². The van der Waals surface area contributed by atoms with Crippen LogP contribution in [0, 0.1) is 19.8 Å². The molecule has 2 aromatic carbocycles. The monoisotopic (exact) mass is 463 g/mol. The van der Waals surface area contributed by atoms with Crippen LogP contribution in [0.1, 0.15) is 23.6 Å². The molecular weight excluding hydrogens is 438 g/mol. The lowest BCUT2D eigenvalue weighted by molar-refractivity contribution is 0.458. The first-order valence-electron chi connectivity index (χ1n) is 11.0. The van der Waals surface area contributed by atoms with E-state index in [1.807, 2.05) is 22.8 Å². The van der Waals surface area contributed by atoms with Crippen LogP contribution in [-0.4, -0.2) is 25.2 Å². The van der Waals surface area contributed by atoms with Crippen molar-refractivity contribution in [1.82, 2.24) is 18.7 Å². The Labute approximate surface area is 196 Å². The predicted octanol–water partition coefficient (Wildman–Crippen LogP) is 4.00. The van der Waals surface area contributed by atoms with Crippen molar-refractivity contribution in [3.05, 3.63) is 85.0 Å². The lowest BCUT2D eigenvalue weighted by Crippen LogP contribution is -2.40. The molecule has 0 radical (unpaired) electrons. The highest BCUT2D eigenvalue weighted by Crippen LogP contribution is 2.33. The van der Waals surface area contributed by atoms with Crippen LogP contribution in [0.25, 0.3) is 11.2 Å². The number of aromatic nitrogens is 4. The summed E-state index contributed by atoms with van der Waals surface area (Å²) >= 11 is 6.31. The SMILES string of the molecule is Cc1ccc(N2C[C@H](C)Cn3c2nc2c3c(=O)n(Cc3ccccc3Cl)c(=O)n2C)cc1C. The maximum Gasteiger partial charge on any atom is 0.332 e. The van der Waals surface area contributed by atoms with Gasteiger partial charge in [0.15, 0.2) is 11.2 Å². The van der Waals surface area contributed by atoms with Gasteiger partial charge >= 0.3 is 5.69 Å². The second kappa shape index (κ2) is 7.92. The van der Waals surface area contributed by atoms with Crippen LogP contribution < -0.4 is 16.1 Å². The van der Waals surface area contributed by atoms with E-state index in [0.717, 1.165) is 17.8 Å². The lowest BCUT2D eigenvalue weighted by atomic mass is 10.1. The molecule has 0 fully saturated rings. The number of imidazole rings is 1. The van der Waals surface area contributed by atoms with Gasteiger partial charge in [-0.15, -0.1) is 0 Å². The molecule has 0 saturated heterocycles. The Balaban J connectivity index is 1.73. The normalized spacial score (nSPS) is 15.8. The molecule has 0 N–H and O–H groups in total. The van der Waals surface area contributed by atoms with E-state index >= 15 is 0 Å². The number of nitrogens with zero attached hydrogens (tertiary/aromatic N) is 5. The van der Waals surface area contributed by atoms with Gasteiger partial charge in [0.05, 0.1) is 6.54 Å². The van der Waals surface area contributed by atoms with Crippen LogP contribution in [0.5, 0.6) is 0 Å². The van der Waals surface area contributed by atoms with E-state index in [2.05, 4.69) is 43.9 Å². The van der Waals surface area contributed by atoms with Crippen LogP contribution in [0.3, 0.4) is 0 Å². The molecule has 1 aliphatic rings. The van der Waals surface area contributed by atoms with E-state index in [1.165, 1.54) is 20.3 Å². The number of fused-ring (bicyclic) bond motifs is 3. The fourth-order valence-electron chi connectivity index (χ4n) is 4.55. The third-order valence-electron chi connectivity index (χ3n) is 6.53. The third kappa shape index (κ3) is 3.47. The first-order valence-corrected chi connectivity index (χ1v) is 11.4. The Morgan fingerprint density at radius 2 is 1.82 bits per heavy atom. The average molecular weight is 464 g/mol. The molecule has 33 heavy (non-hydrogen) atoms. The molecule has 0 aliphatic carbocycles. The minimum Gasteiger partial charge on any atom is -0.312 e. The van der Waals surface area contributed by atoms with Crippen molar-refractivity contribution < 1.29 is 0 Å². The number of benzene rings is 2. The summed E-state index contributed by atoms with van der Waals surface area (Å²) in [5.41, 5.74) is 4.27. The van der Waals surface area contributed by atoms with Crippen molar-refractivity contribution in [2.45, 2.75) is 33.9 Å². The van der Waals surface area contributed by atoms with Crippen molar-refractivity contribution in [3.8, 4) is 0 Å². The highest BCUT2D eigenvalue weighted by molar-refractivity contribution is 6.31. The zero-order valence-corrected chi connectivity index (χ0v) is 19.9. The highest BCUT2D eigenvalue weighted by Gasteiger charge is 2.30. The van der Waals surface area contributed by atoms with E-state index < -0.39 is 5.69 Å². The van der Waals surface area contributed by atoms with Crippen molar-refractivity contribution in [2.24, 2.45) is 13.0 Å². The fraction of sp³-hybridized carbons (Fsp3) is 0.320. The van der Waals surface area contributed by atoms with Crippen LogP contribution in [-0.2, 0) is 20.1 Å². The summed E-state index contributed by atoms with van der Waals surface area (Å²) in [6.07, 6.45) is 0. The molecule has 170 valence electrons. The molecule has 3 heterocycles. The van der Waals surface area contributed by atoms with Gasteiger partial charge < -0.3 is 9.47 Å². The maximum atomic E-state index is 13.6. The van der Waals surface area contributed by atoms with Gasteiger partial charge in [-0.05, 0) is 54.7 Å². The Bertz CT molecular complexity index is 1510. The van der Waals surface area contributed by atoms with Crippen molar-refractivity contribution in [3.63, 3.8) is 0 Å². The second-order valence-corrected chi connectivity index (χ2v) is 9.41. The van der Waals surface area contributed by atoms with Gasteiger partial charge in [-0.3, -0.25) is 13.9 Å². The van der Waals surface area contributed by atoms with E-state index in [0.29, 0.717) is 34.6 Å². The summed E-state index contributed by atoms with van der Waals surface area (Å²) in [5.74, 6) is 0.985. The zero-order valence-electron chi connectivity index (χ0n) is 19.2. The van der Waals surface area contributed by atoms with Crippen LogP contribution in [0.2, 0.25) is 5.02 Å². The minimum atomic E-state index is -0.409. The Morgan fingerprint density at radius 1 is 1.06 bits per heavy atom. The van der Waals surface area contributed by atoms with Crippen LogP contribution in [0.4, 0.5) is 11.6 Å². The maximum absolute atomic E-state index is 13.6. The van der Waals surface area contributed by atoms with Crippen molar-refractivity contribution in [2.75, 3.05) is 11.4 Å². The second-order valence-electron chi connectivity index (χ2n) is 9.00. The number of aryl methyl sites for hydroxylation is 3. The molecule has 0 unspecified atom stereocenters. The highest BCUT2D eigenvalue weighted by atomic mass is 35.5. The summed E-state index contributed by atoms with van der Waals surface area (Å²) in [5, 5.41) is 0.524.